The first-order valence-electron chi connectivity index (χ1n) is 9.92. The number of aromatic amines is 1. The van der Waals surface area contributed by atoms with Crippen molar-refractivity contribution in [1.82, 2.24) is 15.3 Å². The van der Waals surface area contributed by atoms with Crippen LogP contribution in [0.25, 0.3) is 0 Å². The van der Waals surface area contributed by atoms with Crippen molar-refractivity contribution in [2.45, 2.75) is 84.3 Å². The number of hydrogen-bond acceptors (Lipinski definition) is 4. The highest BCUT2D eigenvalue weighted by Crippen LogP contribution is 2.53. The molecule has 6 heteroatoms. The zero-order valence-corrected chi connectivity index (χ0v) is 16.4. The topological polar surface area (TPSA) is 84.1 Å². The molecule has 144 valence electrons. The third-order valence-electron chi connectivity index (χ3n) is 6.14. The largest absolute Gasteiger partial charge is 0.378 e. The highest BCUT2D eigenvalue weighted by atomic mass is 16.5. The molecule has 0 aromatic carbocycles. The van der Waals surface area contributed by atoms with Crippen molar-refractivity contribution < 1.29 is 9.53 Å². The van der Waals surface area contributed by atoms with Crippen molar-refractivity contribution in [2.24, 2.45) is 5.41 Å². The summed E-state index contributed by atoms with van der Waals surface area (Å²) in [5.74, 6) is 0.423. The quantitative estimate of drug-likeness (QED) is 0.844. The van der Waals surface area contributed by atoms with Crippen molar-refractivity contribution in [3.05, 3.63) is 27.4 Å². The maximum atomic E-state index is 12.8. The first-order chi connectivity index (χ1) is 12.4. The van der Waals surface area contributed by atoms with Crippen molar-refractivity contribution in [2.75, 3.05) is 6.61 Å². The molecule has 2 aliphatic carbocycles. The second kappa shape index (κ2) is 7.51. The summed E-state index contributed by atoms with van der Waals surface area (Å²) in [5.41, 5.74) is 0.321. The lowest BCUT2D eigenvalue weighted by molar-refractivity contribution is -0.146. The van der Waals surface area contributed by atoms with Crippen molar-refractivity contribution >= 4 is 5.91 Å². The number of aromatic nitrogens is 2. The van der Waals surface area contributed by atoms with E-state index >= 15 is 0 Å². The van der Waals surface area contributed by atoms with E-state index in [0.29, 0.717) is 18.1 Å². The molecule has 0 unspecified atom stereocenters. The molecule has 26 heavy (non-hydrogen) atoms. The van der Waals surface area contributed by atoms with Crippen LogP contribution in [0.3, 0.4) is 0 Å². The van der Waals surface area contributed by atoms with E-state index in [1.54, 1.807) is 6.92 Å². The summed E-state index contributed by atoms with van der Waals surface area (Å²) < 4.78 is 5.95. The van der Waals surface area contributed by atoms with Gasteiger partial charge in [-0.1, -0.05) is 33.1 Å². The number of nitrogens with zero attached hydrogens (tertiary/aromatic N) is 1. The average Bonchev–Trinajstić information content (AvgIpc) is 2.61. The molecule has 1 heterocycles. The normalized spacial score (nSPS) is 24.5. The summed E-state index contributed by atoms with van der Waals surface area (Å²) in [6.07, 6.45) is 6.83. The van der Waals surface area contributed by atoms with Gasteiger partial charge in [-0.05, 0) is 33.1 Å². The maximum Gasteiger partial charge on any atom is 0.264 e. The number of hydrogen-bond donors (Lipinski definition) is 2. The van der Waals surface area contributed by atoms with E-state index in [9.17, 15) is 9.59 Å². The third-order valence-corrected chi connectivity index (χ3v) is 6.14. The number of H-pyrrole nitrogens is 1. The van der Waals surface area contributed by atoms with Gasteiger partial charge in [-0.2, -0.15) is 0 Å². The van der Waals surface area contributed by atoms with Crippen LogP contribution in [0.5, 0.6) is 0 Å². The molecule has 1 spiro atoms. The monoisotopic (exact) mass is 361 g/mol. The second-order valence-corrected chi connectivity index (χ2v) is 8.07. The Morgan fingerprint density at radius 2 is 2.04 bits per heavy atom. The predicted octanol–water partition coefficient (Wildman–Crippen LogP) is 3.06. The maximum absolute atomic E-state index is 12.8. The van der Waals surface area contributed by atoms with Gasteiger partial charge in [-0.15, -0.1) is 0 Å². The van der Waals surface area contributed by atoms with E-state index in [-0.39, 0.29) is 40.5 Å². The van der Waals surface area contributed by atoms with Crippen LogP contribution < -0.4 is 10.9 Å². The first-order valence-corrected chi connectivity index (χ1v) is 9.92. The lowest BCUT2D eigenvalue weighted by Crippen LogP contribution is -2.65. The first kappa shape index (κ1) is 19.1. The van der Waals surface area contributed by atoms with Gasteiger partial charge in [0.25, 0.3) is 11.5 Å². The number of carbonyl (C=O) groups excluding carboxylic acids is 1. The fourth-order valence-electron chi connectivity index (χ4n) is 4.64. The third kappa shape index (κ3) is 3.31. The molecule has 2 atom stereocenters. The Hall–Kier alpha value is -1.69. The van der Waals surface area contributed by atoms with Gasteiger partial charge in [0.1, 0.15) is 11.4 Å². The summed E-state index contributed by atoms with van der Waals surface area (Å²) in [6.45, 7) is 8.38. The van der Waals surface area contributed by atoms with E-state index < -0.39 is 0 Å². The van der Waals surface area contributed by atoms with Crippen LogP contribution in [-0.4, -0.2) is 34.6 Å². The molecule has 2 saturated carbocycles. The second-order valence-electron chi connectivity index (χ2n) is 8.07. The minimum absolute atomic E-state index is 0.0376. The standard InChI is InChI=1S/C20H31N3O3/c1-5-26-15-11-14(20(15)9-7-6-8-10-20)22-18(24)16-13(4)21-17(12(2)3)23-19(16)25/h12,14-15H,5-11H2,1-4H3,(H,22,24)(H,21,23,25)/t14-,15+/m0/s1. The average molecular weight is 361 g/mol. The molecular weight excluding hydrogens is 330 g/mol. The zero-order valence-electron chi connectivity index (χ0n) is 16.4. The molecule has 0 aliphatic heterocycles. The Morgan fingerprint density at radius 3 is 2.62 bits per heavy atom. The summed E-state index contributed by atoms with van der Waals surface area (Å²) in [7, 11) is 0. The molecule has 2 N–H and O–H groups in total. The molecule has 1 amide bonds. The lowest BCUT2D eigenvalue weighted by atomic mass is 9.55. The van der Waals surface area contributed by atoms with E-state index in [1.165, 1.54) is 19.3 Å². The molecule has 1 aromatic rings. The SMILES string of the molecule is CCO[C@@H]1C[C@H](NC(=O)c2c(C)nc(C(C)C)[nH]c2=O)C12CCCCC2. The zero-order chi connectivity index (χ0) is 18.9. The highest BCUT2D eigenvalue weighted by Gasteiger charge is 2.56. The van der Waals surface area contributed by atoms with E-state index in [0.717, 1.165) is 19.3 Å². The minimum Gasteiger partial charge on any atom is -0.378 e. The Labute approximate surface area is 155 Å². The summed E-state index contributed by atoms with van der Waals surface area (Å²) in [6, 6.07) is 0.0791. The number of ether oxygens (including phenoxy) is 1. The molecule has 0 saturated heterocycles. The minimum atomic E-state index is -0.350. The molecule has 1 aromatic heterocycles. The van der Waals surface area contributed by atoms with Gasteiger partial charge >= 0.3 is 0 Å². The van der Waals surface area contributed by atoms with Crippen LogP contribution >= 0.6 is 0 Å². The van der Waals surface area contributed by atoms with Crippen LogP contribution in [0, 0.1) is 12.3 Å². The smallest absolute Gasteiger partial charge is 0.264 e. The van der Waals surface area contributed by atoms with Crippen LogP contribution in [0.2, 0.25) is 0 Å². The summed E-state index contributed by atoms with van der Waals surface area (Å²) in [5, 5.41) is 3.13. The fourth-order valence-corrected chi connectivity index (χ4v) is 4.64. The van der Waals surface area contributed by atoms with Gasteiger partial charge in [0.15, 0.2) is 0 Å². The number of carbonyl (C=O) groups is 1. The fraction of sp³-hybridized carbons (Fsp3) is 0.750. The van der Waals surface area contributed by atoms with E-state index in [2.05, 4.69) is 15.3 Å². The number of nitrogens with one attached hydrogen (secondary N) is 2. The van der Waals surface area contributed by atoms with Crippen LogP contribution in [-0.2, 0) is 4.74 Å². The molecule has 0 bridgehead atoms. The van der Waals surface area contributed by atoms with Crippen molar-refractivity contribution in [3.8, 4) is 0 Å². The predicted molar refractivity (Wildman–Crippen MR) is 100 cm³/mol. The van der Waals surface area contributed by atoms with Gasteiger partial charge in [0.05, 0.1) is 11.8 Å². The highest BCUT2D eigenvalue weighted by molar-refractivity contribution is 5.95. The Balaban J connectivity index is 1.79. The van der Waals surface area contributed by atoms with Crippen LogP contribution in [0.1, 0.15) is 87.1 Å². The van der Waals surface area contributed by atoms with Gasteiger partial charge in [-0.3, -0.25) is 9.59 Å². The molecule has 3 rings (SSSR count). The van der Waals surface area contributed by atoms with Gasteiger partial charge in [0.2, 0.25) is 0 Å². The van der Waals surface area contributed by atoms with Gasteiger partial charge in [0, 0.05) is 24.0 Å². The molecular formula is C20H31N3O3. The van der Waals surface area contributed by atoms with Crippen molar-refractivity contribution in [3.63, 3.8) is 0 Å². The number of amides is 1. The summed E-state index contributed by atoms with van der Waals surface area (Å²) >= 11 is 0. The lowest BCUT2D eigenvalue weighted by Gasteiger charge is -2.57. The van der Waals surface area contributed by atoms with E-state index in [1.807, 2.05) is 20.8 Å². The molecule has 2 aliphatic rings. The van der Waals surface area contributed by atoms with Crippen LogP contribution in [0.15, 0.2) is 4.79 Å². The van der Waals surface area contributed by atoms with E-state index in [4.69, 9.17) is 4.74 Å². The number of aryl methyl sites for hydroxylation is 1. The molecule has 6 nitrogen and oxygen atoms in total. The Morgan fingerprint density at radius 1 is 1.35 bits per heavy atom. The van der Waals surface area contributed by atoms with Crippen LogP contribution in [0.4, 0.5) is 0 Å². The van der Waals surface area contributed by atoms with Gasteiger partial charge < -0.3 is 15.0 Å². The number of rotatable bonds is 5. The molecule has 2 fully saturated rings. The molecule has 0 radical (unpaired) electrons. The van der Waals surface area contributed by atoms with Crippen molar-refractivity contribution in [1.29, 1.82) is 0 Å². The van der Waals surface area contributed by atoms with Gasteiger partial charge in [-0.25, -0.2) is 4.98 Å². The Bertz CT molecular complexity index is 720. The Kier molecular flexibility index (Phi) is 5.51. The summed E-state index contributed by atoms with van der Waals surface area (Å²) in [4.78, 5) is 32.5.